The van der Waals surface area contributed by atoms with Gasteiger partial charge in [-0.2, -0.15) is 5.10 Å². The van der Waals surface area contributed by atoms with Gasteiger partial charge in [-0.05, 0) is 24.3 Å². The topological polar surface area (TPSA) is 34.8 Å². The summed E-state index contributed by atoms with van der Waals surface area (Å²) in [6, 6.07) is 24.6. The van der Waals surface area contributed by atoms with E-state index in [0.29, 0.717) is 6.67 Å². The van der Waals surface area contributed by atoms with Gasteiger partial charge in [0.2, 0.25) is 0 Å². The molecule has 4 rings (SSSR count). The summed E-state index contributed by atoms with van der Waals surface area (Å²) in [4.78, 5) is 0. The van der Waals surface area contributed by atoms with E-state index in [1.807, 2.05) is 65.4 Å². The van der Waals surface area contributed by atoms with Crippen LogP contribution in [0.25, 0.3) is 0 Å². The molecule has 2 heterocycles. The molecule has 0 amide bonds. The lowest BCUT2D eigenvalue weighted by molar-refractivity contribution is -0.671. The minimum Gasteiger partial charge on any atom is -0.278 e. The first-order valence-electron chi connectivity index (χ1n) is 8.26. The summed E-state index contributed by atoms with van der Waals surface area (Å²) in [7, 11) is 2.01. The lowest BCUT2D eigenvalue weighted by Gasteiger charge is -2.36. The number of para-hydroxylation sites is 2. The fraction of sp³-hybridized carbons (Fsp3) is 0.100. The van der Waals surface area contributed by atoms with Crippen LogP contribution in [0.4, 0.5) is 11.4 Å². The van der Waals surface area contributed by atoms with E-state index in [4.69, 9.17) is 5.10 Å². The normalized spacial score (nSPS) is 14.0. The Labute approximate surface area is 147 Å². The van der Waals surface area contributed by atoms with Crippen molar-refractivity contribution in [1.29, 1.82) is 0 Å². The van der Waals surface area contributed by atoms with Gasteiger partial charge in [0, 0.05) is 17.7 Å². The van der Waals surface area contributed by atoms with E-state index >= 15 is 0 Å². The summed E-state index contributed by atoms with van der Waals surface area (Å²) in [6.07, 6.45) is 4.04. The van der Waals surface area contributed by atoms with Gasteiger partial charge < -0.3 is 0 Å². The molecular formula is C20H20N5+. The number of rotatable bonds is 3. The molecule has 0 saturated heterocycles. The van der Waals surface area contributed by atoms with Gasteiger partial charge in [0.1, 0.15) is 13.7 Å². The number of nitrogens with one attached hydrogen (secondary N) is 1. The first-order valence-corrected chi connectivity index (χ1v) is 8.26. The third-order valence-corrected chi connectivity index (χ3v) is 4.11. The highest BCUT2D eigenvalue weighted by Crippen LogP contribution is 2.21. The average Bonchev–Trinajstić information content (AvgIpc) is 2.69. The Morgan fingerprint density at radius 1 is 0.840 bits per heavy atom. The number of aromatic nitrogens is 1. The number of hydrogen-bond acceptors (Lipinski definition) is 4. The first kappa shape index (κ1) is 15.2. The molecule has 5 nitrogen and oxygen atoms in total. The molecule has 3 aromatic rings. The second kappa shape index (κ2) is 6.65. The molecule has 0 aliphatic carbocycles. The Morgan fingerprint density at radius 2 is 1.44 bits per heavy atom. The predicted molar refractivity (Wildman–Crippen MR) is 100.0 cm³/mol. The van der Waals surface area contributed by atoms with E-state index in [2.05, 4.69) is 46.8 Å². The number of benzene rings is 2. The van der Waals surface area contributed by atoms with Crippen molar-refractivity contribution in [3.63, 3.8) is 0 Å². The smallest absolute Gasteiger partial charge is 0.173 e. The number of hydrogen-bond donors (Lipinski definition) is 1. The molecule has 0 spiro atoms. The van der Waals surface area contributed by atoms with Gasteiger partial charge in [0.25, 0.3) is 0 Å². The quantitative estimate of drug-likeness (QED) is 0.750. The van der Waals surface area contributed by atoms with E-state index in [0.717, 1.165) is 22.8 Å². The molecule has 0 unspecified atom stereocenters. The van der Waals surface area contributed by atoms with Crippen LogP contribution in [0.2, 0.25) is 0 Å². The predicted octanol–water partition coefficient (Wildman–Crippen LogP) is 2.66. The Balaban J connectivity index is 1.73. The molecule has 1 N–H and O–H groups in total. The SMILES string of the molecule is C[n+]1ccc(C2=NN(c3ccccc3)CN(c3ccccc3)N2)cc1. The van der Waals surface area contributed by atoms with E-state index in [-0.39, 0.29) is 0 Å². The molecule has 0 atom stereocenters. The lowest BCUT2D eigenvalue weighted by Crippen LogP contribution is -2.53. The van der Waals surface area contributed by atoms with Crippen molar-refractivity contribution in [2.45, 2.75) is 0 Å². The van der Waals surface area contributed by atoms with Crippen molar-refractivity contribution in [3.8, 4) is 0 Å². The Kier molecular flexibility index (Phi) is 4.04. The number of hydrazone groups is 1. The van der Waals surface area contributed by atoms with Crippen LogP contribution in [0.15, 0.2) is 90.3 Å². The standard InChI is InChI=1S/C20H20N5/c1-23-14-12-17(13-15-23)20-21-24(18-8-4-2-5-9-18)16-25(22-20)19-10-6-3-7-11-19/h2-15H,16H2,1H3,(H,21,22)/q+1. The van der Waals surface area contributed by atoms with Crippen molar-refractivity contribution in [1.82, 2.24) is 5.43 Å². The zero-order chi connectivity index (χ0) is 17.1. The molecule has 0 saturated carbocycles. The van der Waals surface area contributed by atoms with Crippen LogP contribution in [0, 0.1) is 0 Å². The maximum atomic E-state index is 4.82. The largest absolute Gasteiger partial charge is 0.278 e. The third-order valence-electron chi connectivity index (χ3n) is 4.11. The highest BCUT2D eigenvalue weighted by Gasteiger charge is 2.21. The lowest BCUT2D eigenvalue weighted by atomic mass is 10.2. The number of aryl methyl sites for hydroxylation is 1. The summed E-state index contributed by atoms with van der Waals surface area (Å²) in [5.41, 5.74) is 6.63. The first-order chi connectivity index (χ1) is 12.3. The highest BCUT2D eigenvalue weighted by atomic mass is 15.7. The van der Waals surface area contributed by atoms with Crippen LogP contribution in [0.3, 0.4) is 0 Å². The summed E-state index contributed by atoms with van der Waals surface area (Å²) in [5.74, 6) is 0.819. The molecule has 0 fully saturated rings. The molecule has 1 aliphatic rings. The van der Waals surface area contributed by atoms with Crippen molar-refractivity contribution < 1.29 is 4.57 Å². The molecule has 2 aromatic carbocycles. The fourth-order valence-electron chi connectivity index (χ4n) is 2.75. The summed E-state index contributed by atoms with van der Waals surface area (Å²) >= 11 is 0. The highest BCUT2D eigenvalue weighted by molar-refractivity contribution is 6.00. The molecule has 0 radical (unpaired) electrons. The van der Waals surface area contributed by atoms with E-state index in [1.54, 1.807) is 0 Å². The monoisotopic (exact) mass is 330 g/mol. The van der Waals surface area contributed by atoms with E-state index in [9.17, 15) is 0 Å². The number of nitrogens with zero attached hydrogens (tertiary/aromatic N) is 4. The number of amidine groups is 1. The molecule has 1 aliphatic heterocycles. The number of anilines is 2. The van der Waals surface area contributed by atoms with Crippen LogP contribution in [-0.2, 0) is 7.05 Å². The molecule has 0 bridgehead atoms. The number of hydrazine groups is 1. The fourth-order valence-corrected chi connectivity index (χ4v) is 2.75. The van der Waals surface area contributed by atoms with Crippen LogP contribution < -0.4 is 20.0 Å². The van der Waals surface area contributed by atoms with Crippen molar-refractivity contribution in [2.24, 2.45) is 12.1 Å². The number of pyridine rings is 1. The molecule has 1 aromatic heterocycles. The van der Waals surface area contributed by atoms with Gasteiger partial charge in [0.15, 0.2) is 18.2 Å². The van der Waals surface area contributed by atoms with Crippen LogP contribution >= 0.6 is 0 Å². The van der Waals surface area contributed by atoms with Crippen LogP contribution in [0.5, 0.6) is 0 Å². The van der Waals surface area contributed by atoms with Gasteiger partial charge in [-0.3, -0.25) is 10.4 Å². The molecular weight excluding hydrogens is 310 g/mol. The zero-order valence-electron chi connectivity index (χ0n) is 14.1. The minimum absolute atomic E-state index is 0.623. The van der Waals surface area contributed by atoms with Crippen molar-refractivity contribution >= 4 is 17.2 Å². The van der Waals surface area contributed by atoms with Crippen molar-refractivity contribution in [3.05, 3.63) is 90.8 Å². The maximum absolute atomic E-state index is 4.82. The zero-order valence-corrected chi connectivity index (χ0v) is 14.1. The Morgan fingerprint density at radius 3 is 2.08 bits per heavy atom. The third kappa shape index (κ3) is 3.30. The van der Waals surface area contributed by atoms with Crippen molar-refractivity contribution in [2.75, 3.05) is 16.7 Å². The Hall–Kier alpha value is -3.34. The summed E-state index contributed by atoms with van der Waals surface area (Å²) in [6.45, 7) is 0.623. The second-order valence-electron chi connectivity index (χ2n) is 5.95. The Bertz CT molecular complexity index is 860. The minimum atomic E-state index is 0.623. The summed E-state index contributed by atoms with van der Waals surface area (Å²) < 4.78 is 2.01. The average molecular weight is 330 g/mol. The van der Waals surface area contributed by atoms with Crippen LogP contribution in [-0.4, -0.2) is 12.5 Å². The molecule has 25 heavy (non-hydrogen) atoms. The van der Waals surface area contributed by atoms with Crippen LogP contribution in [0.1, 0.15) is 5.56 Å². The van der Waals surface area contributed by atoms with Gasteiger partial charge in [0.05, 0.1) is 11.4 Å². The maximum Gasteiger partial charge on any atom is 0.173 e. The summed E-state index contributed by atoms with van der Waals surface area (Å²) in [5, 5.41) is 8.92. The van der Waals surface area contributed by atoms with E-state index in [1.165, 1.54) is 0 Å². The van der Waals surface area contributed by atoms with Gasteiger partial charge in [-0.15, -0.1) is 0 Å². The van der Waals surface area contributed by atoms with Gasteiger partial charge in [-0.25, -0.2) is 9.58 Å². The van der Waals surface area contributed by atoms with Gasteiger partial charge in [-0.1, -0.05) is 36.4 Å². The van der Waals surface area contributed by atoms with E-state index < -0.39 is 0 Å². The molecule has 124 valence electrons. The second-order valence-corrected chi connectivity index (χ2v) is 5.95. The van der Waals surface area contributed by atoms with Gasteiger partial charge >= 0.3 is 0 Å². The molecule has 5 heteroatoms.